The zero-order valence-corrected chi connectivity index (χ0v) is 17.9. The molecule has 0 spiro atoms. The van der Waals surface area contributed by atoms with Crippen molar-refractivity contribution in [3.8, 4) is 11.5 Å². The molecule has 0 unspecified atom stereocenters. The van der Waals surface area contributed by atoms with Gasteiger partial charge in [-0.3, -0.25) is 4.79 Å². The molecule has 0 aliphatic heterocycles. The van der Waals surface area contributed by atoms with E-state index in [-0.39, 0.29) is 35.8 Å². The third-order valence-electron chi connectivity index (χ3n) is 5.45. The van der Waals surface area contributed by atoms with Crippen molar-refractivity contribution in [3.05, 3.63) is 71.8 Å². The van der Waals surface area contributed by atoms with Crippen LogP contribution in [0.4, 0.5) is 0 Å². The van der Waals surface area contributed by atoms with Crippen LogP contribution in [0.1, 0.15) is 33.3 Å². The molecule has 2 aromatic carbocycles. The quantitative estimate of drug-likeness (QED) is 0.438. The van der Waals surface area contributed by atoms with Crippen molar-refractivity contribution >= 4 is 11.9 Å². The first-order valence-corrected chi connectivity index (χ1v) is 10.2. The molecule has 1 aliphatic carbocycles. The van der Waals surface area contributed by atoms with Gasteiger partial charge in [-0.25, -0.2) is 4.79 Å². The van der Waals surface area contributed by atoms with Crippen molar-refractivity contribution in [3.63, 3.8) is 0 Å². The van der Waals surface area contributed by atoms with Gasteiger partial charge in [-0.05, 0) is 55.0 Å². The summed E-state index contributed by atoms with van der Waals surface area (Å²) in [5, 5.41) is 0. The summed E-state index contributed by atoms with van der Waals surface area (Å²) in [4.78, 5) is 24.5. The van der Waals surface area contributed by atoms with E-state index in [2.05, 4.69) is 0 Å². The van der Waals surface area contributed by atoms with Crippen LogP contribution < -0.4 is 4.74 Å². The Bertz CT molecular complexity index is 930. The van der Waals surface area contributed by atoms with Gasteiger partial charge in [0.05, 0.1) is 12.5 Å². The zero-order valence-electron chi connectivity index (χ0n) is 17.9. The predicted molar refractivity (Wildman–Crippen MR) is 114 cm³/mol. The van der Waals surface area contributed by atoms with E-state index in [1.54, 1.807) is 13.8 Å². The average molecular weight is 408 g/mol. The number of carbonyl (C=O) groups is 2. The lowest BCUT2D eigenvalue weighted by Gasteiger charge is -2.09. The number of carbonyl (C=O) groups excluding carboxylic acids is 2. The molecule has 0 heterocycles. The fourth-order valence-corrected chi connectivity index (χ4v) is 3.59. The molecule has 5 nitrogen and oxygen atoms in total. The maximum atomic E-state index is 12.7. The van der Waals surface area contributed by atoms with E-state index in [4.69, 9.17) is 14.2 Å². The van der Waals surface area contributed by atoms with Gasteiger partial charge in [0.1, 0.15) is 18.1 Å². The normalized spacial score (nSPS) is 19.7. The van der Waals surface area contributed by atoms with E-state index < -0.39 is 0 Å². The third kappa shape index (κ3) is 5.09. The molecule has 0 bridgehead atoms. The molecule has 2 atom stereocenters. The number of allylic oxidation sites excluding steroid dienone is 1. The first-order valence-electron chi connectivity index (χ1n) is 10.2. The molecule has 0 N–H and O–H groups in total. The molecular weight excluding hydrogens is 380 g/mol. The molecule has 30 heavy (non-hydrogen) atoms. The van der Waals surface area contributed by atoms with Gasteiger partial charge < -0.3 is 14.2 Å². The first-order chi connectivity index (χ1) is 14.3. The Morgan fingerprint density at radius 3 is 2.40 bits per heavy atom. The molecule has 0 saturated heterocycles. The van der Waals surface area contributed by atoms with Crippen molar-refractivity contribution < 1.29 is 23.8 Å². The predicted octanol–water partition coefficient (Wildman–Crippen LogP) is 5.30. The lowest BCUT2D eigenvalue weighted by Crippen LogP contribution is -2.10. The minimum absolute atomic E-state index is 0.0397. The second kappa shape index (κ2) is 9.16. The molecule has 0 aromatic heterocycles. The summed E-state index contributed by atoms with van der Waals surface area (Å²) in [6.45, 7) is 8.00. The summed E-state index contributed by atoms with van der Waals surface area (Å²) >= 11 is 0. The van der Waals surface area contributed by atoms with Gasteiger partial charge >= 0.3 is 11.9 Å². The number of benzene rings is 2. The van der Waals surface area contributed by atoms with Gasteiger partial charge in [0.25, 0.3) is 0 Å². The van der Waals surface area contributed by atoms with Crippen LogP contribution in [0.5, 0.6) is 11.5 Å². The van der Waals surface area contributed by atoms with Crippen molar-refractivity contribution in [2.45, 2.75) is 34.3 Å². The summed E-state index contributed by atoms with van der Waals surface area (Å²) in [6.07, 6.45) is 1.83. The zero-order chi connectivity index (χ0) is 21.7. The Kier molecular flexibility index (Phi) is 6.60. The standard InChI is InChI=1S/C25H28O5/c1-5-28-23(26)17(2)14-21-22(25(21,3)4)24(27)29-16-18-10-9-13-20(15-18)30-19-11-7-6-8-12-19/h6-15,21-22H,5,16H2,1-4H3/b17-14+/t21-,22+/m1/s1. The molecule has 1 fully saturated rings. The Labute approximate surface area is 177 Å². The van der Waals surface area contributed by atoms with Crippen LogP contribution in [0, 0.1) is 17.3 Å². The minimum Gasteiger partial charge on any atom is -0.463 e. The Morgan fingerprint density at radius 1 is 1.00 bits per heavy atom. The summed E-state index contributed by atoms with van der Waals surface area (Å²) in [7, 11) is 0. The number of rotatable bonds is 8. The molecule has 2 aromatic rings. The SMILES string of the molecule is CCOC(=O)/C(C)=C/[C@@H]1[C@@H](C(=O)OCc2cccc(Oc3ccccc3)c2)C1(C)C. The van der Waals surface area contributed by atoms with E-state index in [1.807, 2.05) is 74.5 Å². The van der Waals surface area contributed by atoms with Crippen molar-refractivity contribution in [1.29, 1.82) is 0 Å². The molecule has 0 amide bonds. The van der Waals surface area contributed by atoms with E-state index >= 15 is 0 Å². The van der Waals surface area contributed by atoms with Crippen LogP contribution in [-0.2, 0) is 25.7 Å². The number of para-hydroxylation sites is 1. The summed E-state index contributed by atoms with van der Waals surface area (Å²) in [5.41, 5.74) is 1.13. The van der Waals surface area contributed by atoms with Gasteiger partial charge in [-0.2, -0.15) is 0 Å². The molecule has 5 heteroatoms. The number of ether oxygens (including phenoxy) is 3. The Balaban J connectivity index is 1.58. The van der Waals surface area contributed by atoms with Crippen LogP contribution in [-0.4, -0.2) is 18.5 Å². The highest BCUT2D eigenvalue weighted by Gasteiger charge is 2.61. The molecule has 158 valence electrons. The molecular formula is C25H28O5. The van der Waals surface area contributed by atoms with E-state index in [0.717, 1.165) is 11.3 Å². The maximum absolute atomic E-state index is 12.7. The first kappa shape index (κ1) is 21.6. The largest absolute Gasteiger partial charge is 0.463 e. The summed E-state index contributed by atoms with van der Waals surface area (Å²) in [5.74, 6) is 0.521. The van der Waals surface area contributed by atoms with Gasteiger partial charge in [-0.1, -0.05) is 50.3 Å². The van der Waals surface area contributed by atoms with Crippen LogP contribution in [0.15, 0.2) is 66.2 Å². The van der Waals surface area contributed by atoms with Gasteiger partial charge in [0, 0.05) is 5.57 Å². The third-order valence-corrected chi connectivity index (χ3v) is 5.45. The van der Waals surface area contributed by atoms with Gasteiger partial charge in [0.15, 0.2) is 0 Å². The second-order valence-electron chi connectivity index (χ2n) is 8.07. The van der Waals surface area contributed by atoms with Crippen LogP contribution in [0.2, 0.25) is 0 Å². The van der Waals surface area contributed by atoms with Crippen LogP contribution in [0.25, 0.3) is 0 Å². The summed E-state index contributed by atoms with van der Waals surface area (Å²) in [6, 6.07) is 17.0. The fraction of sp³-hybridized carbons (Fsp3) is 0.360. The van der Waals surface area contributed by atoms with E-state index in [0.29, 0.717) is 17.9 Å². The Hall–Kier alpha value is -3.08. The molecule has 0 radical (unpaired) electrons. The van der Waals surface area contributed by atoms with E-state index in [1.165, 1.54) is 0 Å². The van der Waals surface area contributed by atoms with E-state index in [9.17, 15) is 9.59 Å². The highest BCUT2D eigenvalue weighted by atomic mass is 16.5. The van der Waals surface area contributed by atoms with Crippen molar-refractivity contribution in [2.24, 2.45) is 17.3 Å². The smallest absolute Gasteiger partial charge is 0.333 e. The molecule has 1 saturated carbocycles. The maximum Gasteiger partial charge on any atom is 0.333 e. The van der Waals surface area contributed by atoms with Crippen molar-refractivity contribution in [2.75, 3.05) is 6.61 Å². The topological polar surface area (TPSA) is 61.8 Å². The van der Waals surface area contributed by atoms with Gasteiger partial charge in [0.2, 0.25) is 0 Å². The fourth-order valence-electron chi connectivity index (χ4n) is 3.59. The number of hydrogen-bond acceptors (Lipinski definition) is 5. The molecule has 3 rings (SSSR count). The lowest BCUT2D eigenvalue weighted by atomic mass is 10.1. The van der Waals surface area contributed by atoms with Gasteiger partial charge in [-0.15, -0.1) is 0 Å². The second-order valence-corrected chi connectivity index (χ2v) is 8.07. The monoisotopic (exact) mass is 408 g/mol. The average Bonchev–Trinajstić information content (AvgIpc) is 3.27. The van der Waals surface area contributed by atoms with Crippen molar-refractivity contribution in [1.82, 2.24) is 0 Å². The number of hydrogen-bond donors (Lipinski definition) is 0. The highest BCUT2D eigenvalue weighted by Crippen LogP contribution is 2.59. The summed E-state index contributed by atoms with van der Waals surface area (Å²) < 4.78 is 16.4. The number of esters is 2. The Morgan fingerprint density at radius 2 is 1.70 bits per heavy atom. The van der Waals surface area contributed by atoms with Crippen LogP contribution >= 0.6 is 0 Å². The highest BCUT2D eigenvalue weighted by molar-refractivity contribution is 5.88. The lowest BCUT2D eigenvalue weighted by molar-refractivity contribution is -0.147. The molecule has 1 aliphatic rings. The van der Waals surface area contributed by atoms with Crippen LogP contribution in [0.3, 0.4) is 0 Å². The minimum atomic E-state index is -0.345.